The highest BCUT2D eigenvalue weighted by Gasteiger charge is 2.17. The summed E-state index contributed by atoms with van der Waals surface area (Å²) in [7, 11) is 2.89. The monoisotopic (exact) mass is 405 g/mol. The van der Waals surface area contributed by atoms with E-state index in [9.17, 15) is 30.0 Å². The van der Waals surface area contributed by atoms with Crippen LogP contribution in [0.1, 0.15) is 11.7 Å². The fraction of sp³-hybridized carbons (Fsp3) is 0.389. The second kappa shape index (κ2) is 8.07. The van der Waals surface area contributed by atoms with Gasteiger partial charge in [0, 0.05) is 27.2 Å². The van der Waals surface area contributed by atoms with Gasteiger partial charge in [0.2, 0.25) is 0 Å². The summed E-state index contributed by atoms with van der Waals surface area (Å²) in [4.78, 5) is 28.5. The van der Waals surface area contributed by atoms with Crippen molar-refractivity contribution in [3.8, 4) is 11.5 Å². The molecule has 0 radical (unpaired) electrons. The Morgan fingerprint density at radius 3 is 2.48 bits per heavy atom. The number of rotatable bonds is 7. The molecule has 0 saturated heterocycles. The fourth-order valence-electron chi connectivity index (χ4n) is 3.08. The molecule has 0 amide bonds. The van der Waals surface area contributed by atoms with Gasteiger partial charge in [-0.2, -0.15) is 0 Å². The standard InChI is InChI=1S/C18H23N5O6/c1-21-16-15(17(28)22(2)18(21)29)23(9-20-16)8-11(24)6-19-7-14(27)10-3-4-12(25)13(26)5-10/h3-5,9,11,14,19,24-27H,6-8H2,1-2H3. The van der Waals surface area contributed by atoms with Crippen molar-refractivity contribution in [3.63, 3.8) is 0 Å². The van der Waals surface area contributed by atoms with Crippen LogP contribution in [0.3, 0.4) is 0 Å². The first-order valence-corrected chi connectivity index (χ1v) is 8.90. The fourth-order valence-corrected chi connectivity index (χ4v) is 3.08. The van der Waals surface area contributed by atoms with Crippen molar-refractivity contribution in [1.82, 2.24) is 24.0 Å². The third kappa shape index (κ3) is 4.01. The summed E-state index contributed by atoms with van der Waals surface area (Å²) in [6.45, 7) is 0.280. The van der Waals surface area contributed by atoms with Crippen LogP contribution >= 0.6 is 0 Å². The Morgan fingerprint density at radius 1 is 1.07 bits per heavy atom. The molecule has 0 fully saturated rings. The Bertz CT molecular complexity index is 1150. The molecule has 0 saturated carbocycles. The first kappa shape index (κ1) is 20.6. The normalized spacial score (nSPS) is 13.7. The van der Waals surface area contributed by atoms with Gasteiger partial charge in [-0.05, 0) is 17.7 Å². The zero-order valence-corrected chi connectivity index (χ0v) is 16.0. The first-order chi connectivity index (χ1) is 13.7. The first-order valence-electron chi connectivity index (χ1n) is 8.90. The topological polar surface area (TPSA) is 155 Å². The van der Waals surface area contributed by atoms with Crippen molar-refractivity contribution in [2.75, 3.05) is 13.1 Å². The van der Waals surface area contributed by atoms with E-state index in [2.05, 4.69) is 10.3 Å². The van der Waals surface area contributed by atoms with Crippen LogP contribution in [0.15, 0.2) is 34.1 Å². The number of aliphatic hydroxyl groups excluding tert-OH is 2. The number of hydrogen-bond acceptors (Lipinski definition) is 8. The van der Waals surface area contributed by atoms with E-state index in [1.807, 2.05) is 0 Å². The number of hydrogen-bond donors (Lipinski definition) is 5. The highest BCUT2D eigenvalue weighted by atomic mass is 16.3. The third-order valence-electron chi connectivity index (χ3n) is 4.73. The molecule has 11 nitrogen and oxygen atoms in total. The maximum Gasteiger partial charge on any atom is 0.332 e. The predicted octanol–water partition coefficient (Wildman–Crippen LogP) is -1.47. The van der Waals surface area contributed by atoms with E-state index < -0.39 is 23.5 Å². The van der Waals surface area contributed by atoms with E-state index in [1.165, 1.54) is 47.8 Å². The number of aliphatic hydroxyl groups is 2. The van der Waals surface area contributed by atoms with E-state index >= 15 is 0 Å². The largest absolute Gasteiger partial charge is 0.504 e. The number of benzene rings is 1. The Labute approximate surface area is 164 Å². The smallest absolute Gasteiger partial charge is 0.332 e. The quantitative estimate of drug-likeness (QED) is 0.298. The summed E-state index contributed by atoms with van der Waals surface area (Å²) in [6, 6.07) is 4.02. The van der Waals surface area contributed by atoms with Crippen molar-refractivity contribution in [3.05, 3.63) is 50.9 Å². The minimum absolute atomic E-state index is 0.0625. The Morgan fingerprint density at radius 2 is 1.79 bits per heavy atom. The number of nitrogens with one attached hydrogen (secondary N) is 1. The highest BCUT2D eigenvalue weighted by Crippen LogP contribution is 2.27. The predicted molar refractivity (Wildman–Crippen MR) is 104 cm³/mol. The molecular weight excluding hydrogens is 382 g/mol. The van der Waals surface area contributed by atoms with Crippen molar-refractivity contribution < 1.29 is 20.4 Å². The van der Waals surface area contributed by atoms with Gasteiger partial charge in [0.1, 0.15) is 0 Å². The molecule has 5 N–H and O–H groups in total. The van der Waals surface area contributed by atoms with Crippen LogP contribution in [0, 0.1) is 0 Å². The van der Waals surface area contributed by atoms with Crippen molar-refractivity contribution >= 4 is 11.2 Å². The van der Waals surface area contributed by atoms with Gasteiger partial charge in [0.05, 0.1) is 25.1 Å². The molecule has 1 aromatic carbocycles. The molecule has 11 heteroatoms. The van der Waals surface area contributed by atoms with Crippen LogP contribution < -0.4 is 16.6 Å². The third-order valence-corrected chi connectivity index (χ3v) is 4.73. The summed E-state index contributed by atoms with van der Waals surface area (Å²) in [5.41, 5.74) is -0.117. The number of aromatic nitrogens is 4. The van der Waals surface area contributed by atoms with Crippen LogP contribution in [0.2, 0.25) is 0 Å². The van der Waals surface area contributed by atoms with E-state index in [4.69, 9.17) is 0 Å². The van der Waals surface area contributed by atoms with Crippen molar-refractivity contribution in [1.29, 1.82) is 0 Å². The molecule has 2 unspecified atom stereocenters. The van der Waals surface area contributed by atoms with E-state index in [0.29, 0.717) is 5.56 Å². The lowest BCUT2D eigenvalue weighted by Crippen LogP contribution is -2.38. The van der Waals surface area contributed by atoms with Gasteiger partial charge >= 0.3 is 5.69 Å². The molecule has 0 aliphatic carbocycles. The molecular formula is C18H23N5O6. The second-order valence-electron chi connectivity index (χ2n) is 6.85. The molecule has 2 atom stereocenters. The van der Waals surface area contributed by atoms with Crippen LogP contribution in [-0.4, -0.2) is 58.3 Å². The summed E-state index contributed by atoms with van der Waals surface area (Å²) in [6.07, 6.45) is -0.456. The zero-order valence-electron chi connectivity index (χ0n) is 16.0. The number of fused-ring (bicyclic) bond motifs is 1. The Balaban J connectivity index is 1.64. The van der Waals surface area contributed by atoms with E-state index in [0.717, 1.165) is 4.57 Å². The van der Waals surface area contributed by atoms with Crippen LogP contribution in [-0.2, 0) is 20.6 Å². The average Bonchev–Trinajstić information content (AvgIpc) is 3.10. The SMILES string of the molecule is Cn1c(=O)c2c(ncn2CC(O)CNCC(O)c2ccc(O)c(O)c2)n(C)c1=O. The highest BCUT2D eigenvalue weighted by molar-refractivity contribution is 5.69. The van der Waals surface area contributed by atoms with E-state index in [-0.39, 0.29) is 42.3 Å². The van der Waals surface area contributed by atoms with Crippen LogP contribution in [0.5, 0.6) is 11.5 Å². The van der Waals surface area contributed by atoms with Gasteiger partial charge in [-0.1, -0.05) is 6.07 Å². The number of imidazole rings is 1. The van der Waals surface area contributed by atoms with E-state index in [1.54, 1.807) is 0 Å². The molecule has 0 bridgehead atoms. The lowest BCUT2D eigenvalue weighted by Gasteiger charge is -2.16. The van der Waals surface area contributed by atoms with Crippen LogP contribution in [0.25, 0.3) is 11.2 Å². The second-order valence-corrected chi connectivity index (χ2v) is 6.85. The van der Waals surface area contributed by atoms with Gasteiger partial charge in [-0.15, -0.1) is 0 Å². The summed E-state index contributed by atoms with van der Waals surface area (Å²) in [5, 5.41) is 42.1. The van der Waals surface area contributed by atoms with Gasteiger partial charge in [-0.3, -0.25) is 13.9 Å². The number of phenolic OH excluding ortho intramolecular Hbond substituents is 2. The minimum Gasteiger partial charge on any atom is -0.504 e. The molecule has 0 aliphatic rings. The number of phenols is 2. The lowest BCUT2D eigenvalue weighted by atomic mass is 10.1. The summed E-state index contributed by atoms with van der Waals surface area (Å²) >= 11 is 0. The molecule has 29 heavy (non-hydrogen) atoms. The summed E-state index contributed by atoms with van der Waals surface area (Å²) in [5.74, 6) is -0.606. The minimum atomic E-state index is -0.954. The molecule has 3 rings (SSSR count). The number of nitrogens with zero attached hydrogens (tertiary/aromatic N) is 4. The number of aryl methyl sites for hydroxylation is 1. The van der Waals surface area contributed by atoms with Gasteiger partial charge in [0.15, 0.2) is 22.7 Å². The maximum atomic E-state index is 12.4. The Hall–Kier alpha value is -3.15. The van der Waals surface area contributed by atoms with Gasteiger partial charge in [-0.25, -0.2) is 9.78 Å². The van der Waals surface area contributed by atoms with Crippen LogP contribution in [0.4, 0.5) is 0 Å². The average molecular weight is 405 g/mol. The molecule has 0 spiro atoms. The van der Waals surface area contributed by atoms with Gasteiger partial charge in [0.25, 0.3) is 5.56 Å². The molecule has 156 valence electrons. The zero-order chi connectivity index (χ0) is 21.3. The number of aromatic hydroxyl groups is 2. The Kier molecular flexibility index (Phi) is 5.73. The molecule has 2 heterocycles. The lowest BCUT2D eigenvalue weighted by molar-refractivity contribution is 0.135. The molecule has 0 aliphatic heterocycles. The maximum absolute atomic E-state index is 12.4. The molecule has 3 aromatic rings. The molecule has 2 aromatic heterocycles. The summed E-state index contributed by atoms with van der Waals surface area (Å²) < 4.78 is 3.73. The van der Waals surface area contributed by atoms with Crippen molar-refractivity contribution in [2.24, 2.45) is 14.1 Å². The van der Waals surface area contributed by atoms with Gasteiger partial charge < -0.3 is 30.3 Å². The van der Waals surface area contributed by atoms with Crippen molar-refractivity contribution in [2.45, 2.75) is 18.8 Å².